The molecule has 1 aromatic carbocycles. The molecule has 1 fully saturated rings. The van der Waals surface area contributed by atoms with E-state index in [9.17, 15) is 14.7 Å². The van der Waals surface area contributed by atoms with Crippen LogP contribution in [-0.4, -0.2) is 44.8 Å². The van der Waals surface area contributed by atoms with Crippen LogP contribution < -0.4 is 5.32 Å². The Bertz CT molecular complexity index is 986. The number of rotatable bonds is 4. The number of amides is 1. The number of H-pyrrole nitrogens is 1. The van der Waals surface area contributed by atoms with Crippen molar-refractivity contribution in [2.45, 2.75) is 25.0 Å². The Labute approximate surface area is 154 Å². The molecule has 0 aliphatic carbocycles. The highest BCUT2D eigenvalue weighted by Gasteiger charge is 2.26. The Morgan fingerprint density at radius 3 is 2.93 bits per heavy atom. The summed E-state index contributed by atoms with van der Waals surface area (Å²) in [6.45, 7) is 0.538. The van der Waals surface area contributed by atoms with Crippen molar-refractivity contribution in [3.8, 4) is 0 Å². The summed E-state index contributed by atoms with van der Waals surface area (Å²) in [4.78, 5) is 28.2. The third-order valence-electron chi connectivity index (χ3n) is 4.66. The largest absolute Gasteiger partial charge is 0.476 e. The predicted molar refractivity (Wildman–Crippen MR) is 96.5 cm³/mol. The van der Waals surface area contributed by atoms with Gasteiger partial charge >= 0.3 is 5.97 Å². The number of hydrogen-bond donors (Lipinski definition) is 3. The summed E-state index contributed by atoms with van der Waals surface area (Å²) in [6, 6.07) is 10.5. The first-order valence-electron chi connectivity index (χ1n) is 8.66. The van der Waals surface area contributed by atoms with E-state index in [0.717, 1.165) is 5.69 Å². The van der Waals surface area contributed by atoms with Gasteiger partial charge in [-0.05, 0) is 43.2 Å². The van der Waals surface area contributed by atoms with Crippen molar-refractivity contribution in [1.29, 1.82) is 0 Å². The number of fused-ring (bicyclic) bond motifs is 1. The Morgan fingerprint density at radius 2 is 2.15 bits per heavy atom. The first kappa shape index (κ1) is 17.2. The number of pyridine rings is 1. The summed E-state index contributed by atoms with van der Waals surface area (Å²) in [5.41, 5.74) is 1.72. The van der Waals surface area contributed by atoms with Crippen molar-refractivity contribution in [1.82, 2.24) is 20.5 Å². The lowest BCUT2D eigenvalue weighted by atomic mass is 10.00. The molecule has 0 radical (unpaired) electrons. The van der Waals surface area contributed by atoms with Gasteiger partial charge in [0.2, 0.25) is 0 Å². The molecule has 1 amide bonds. The van der Waals surface area contributed by atoms with Crippen LogP contribution in [0.4, 0.5) is 0 Å². The van der Waals surface area contributed by atoms with Crippen LogP contribution in [0.15, 0.2) is 42.6 Å². The molecule has 0 saturated carbocycles. The molecule has 138 valence electrons. The zero-order valence-corrected chi connectivity index (χ0v) is 14.4. The second-order valence-electron chi connectivity index (χ2n) is 6.45. The summed E-state index contributed by atoms with van der Waals surface area (Å²) in [5, 5.41) is 19.1. The average Bonchev–Trinajstić information content (AvgIpc) is 3.12. The number of nitrogens with zero attached hydrogens (tertiary/aromatic N) is 2. The molecule has 3 N–H and O–H groups in total. The van der Waals surface area contributed by atoms with Gasteiger partial charge in [0.1, 0.15) is 6.10 Å². The molecule has 1 aliphatic heterocycles. The highest BCUT2D eigenvalue weighted by atomic mass is 16.5. The second kappa shape index (κ2) is 7.16. The van der Waals surface area contributed by atoms with Gasteiger partial charge in [-0.15, -0.1) is 0 Å². The number of benzene rings is 1. The summed E-state index contributed by atoms with van der Waals surface area (Å²) in [6.07, 6.45) is 2.92. The van der Waals surface area contributed by atoms with Crippen LogP contribution in [0.1, 0.15) is 45.5 Å². The molecule has 27 heavy (non-hydrogen) atoms. The number of carboxylic acid groups (broad SMARTS) is 1. The van der Waals surface area contributed by atoms with Crippen molar-refractivity contribution in [3.63, 3.8) is 0 Å². The maximum Gasteiger partial charge on any atom is 0.357 e. The number of hydrogen-bond acceptors (Lipinski definition) is 5. The lowest BCUT2D eigenvalue weighted by molar-refractivity contribution is -0.00152. The van der Waals surface area contributed by atoms with E-state index in [1.165, 1.54) is 0 Å². The number of aromatic nitrogens is 3. The zero-order chi connectivity index (χ0) is 18.8. The normalized spacial score (nSPS) is 19.7. The standard InChI is InChI=1S/C19H18N4O4/c24-18(11-4-5-14-13(9-11)17(19(25)26)23-22-14)21-12-6-8-27-16(10-12)15-3-1-2-7-20-15/h1-5,7,9,12,16H,6,8,10H2,(H,21,24)(H,22,23)(H,25,26)/t12-,16-/m1/s1. The van der Waals surface area contributed by atoms with E-state index in [4.69, 9.17) is 4.74 Å². The number of aromatic amines is 1. The minimum atomic E-state index is -1.14. The van der Waals surface area contributed by atoms with Gasteiger partial charge in [0.25, 0.3) is 5.91 Å². The van der Waals surface area contributed by atoms with Crippen LogP contribution in [0.5, 0.6) is 0 Å². The molecular weight excluding hydrogens is 348 g/mol. The molecule has 0 unspecified atom stereocenters. The van der Waals surface area contributed by atoms with E-state index in [0.29, 0.717) is 35.9 Å². The number of carbonyl (C=O) groups excluding carboxylic acids is 1. The van der Waals surface area contributed by atoms with Gasteiger partial charge in [-0.25, -0.2) is 4.79 Å². The third kappa shape index (κ3) is 3.52. The Balaban J connectivity index is 1.49. The Kier molecular flexibility index (Phi) is 4.55. The molecule has 8 heteroatoms. The van der Waals surface area contributed by atoms with Gasteiger partial charge in [0, 0.05) is 29.8 Å². The molecule has 3 heterocycles. The average molecular weight is 366 g/mol. The van der Waals surface area contributed by atoms with Crippen molar-refractivity contribution < 1.29 is 19.4 Å². The first-order valence-corrected chi connectivity index (χ1v) is 8.66. The zero-order valence-electron chi connectivity index (χ0n) is 14.4. The topological polar surface area (TPSA) is 117 Å². The van der Waals surface area contributed by atoms with Crippen LogP contribution in [0.25, 0.3) is 10.9 Å². The predicted octanol–water partition coefficient (Wildman–Crippen LogP) is 2.31. The lowest BCUT2D eigenvalue weighted by Gasteiger charge is -2.29. The fourth-order valence-corrected chi connectivity index (χ4v) is 3.29. The van der Waals surface area contributed by atoms with Gasteiger partial charge < -0.3 is 15.2 Å². The molecule has 0 bridgehead atoms. The van der Waals surface area contributed by atoms with E-state index < -0.39 is 5.97 Å². The lowest BCUT2D eigenvalue weighted by Crippen LogP contribution is -2.40. The smallest absolute Gasteiger partial charge is 0.357 e. The minimum Gasteiger partial charge on any atom is -0.476 e. The van der Waals surface area contributed by atoms with Crippen molar-refractivity contribution >= 4 is 22.8 Å². The van der Waals surface area contributed by atoms with Gasteiger partial charge in [-0.3, -0.25) is 14.9 Å². The molecule has 1 aliphatic rings. The van der Waals surface area contributed by atoms with Crippen molar-refractivity contribution in [3.05, 3.63) is 59.5 Å². The molecule has 1 saturated heterocycles. The Morgan fingerprint density at radius 1 is 1.26 bits per heavy atom. The molecule has 4 rings (SSSR count). The van der Waals surface area contributed by atoms with Crippen LogP contribution in [0.3, 0.4) is 0 Å². The summed E-state index contributed by atoms with van der Waals surface area (Å²) < 4.78 is 5.78. The number of ether oxygens (including phenoxy) is 1. The molecule has 8 nitrogen and oxygen atoms in total. The van der Waals surface area contributed by atoms with Crippen LogP contribution in [0.2, 0.25) is 0 Å². The number of nitrogens with one attached hydrogen (secondary N) is 2. The fourth-order valence-electron chi connectivity index (χ4n) is 3.29. The minimum absolute atomic E-state index is 0.0442. The van der Waals surface area contributed by atoms with Crippen LogP contribution in [0, 0.1) is 0 Å². The third-order valence-corrected chi connectivity index (χ3v) is 4.66. The van der Waals surface area contributed by atoms with Crippen molar-refractivity contribution in [2.75, 3.05) is 6.61 Å². The Hall–Kier alpha value is -3.26. The van der Waals surface area contributed by atoms with Gasteiger partial charge in [-0.2, -0.15) is 5.10 Å². The van der Waals surface area contributed by atoms with Crippen LogP contribution >= 0.6 is 0 Å². The SMILES string of the molecule is O=C(N[C@@H]1CCO[C@@H](c2ccccn2)C1)c1ccc2[nH]nc(C(=O)O)c2c1. The van der Waals surface area contributed by atoms with E-state index in [-0.39, 0.29) is 23.7 Å². The molecule has 3 aromatic rings. The fraction of sp³-hybridized carbons (Fsp3) is 0.263. The highest BCUT2D eigenvalue weighted by Crippen LogP contribution is 2.27. The number of carboxylic acids is 1. The molecule has 2 aromatic heterocycles. The monoisotopic (exact) mass is 366 g/mol. The highest BCUT2D eigenvalue weighted by molar-refractivity contribution is 6.04. The van der Waals surface area contributed by atoms with Gasteiger partial charge in [0.15, 0.2) is 5.69 Å². The van der Waals surface area contributed by atoms with E-state index in [1.807, 2.05) is 18.2 Å². The van der Waals surface area contributed by atoms with Gasteiger partial charge in [0.05, 0.1) is 11.2 Å². The summed E-state index contributed by atoms with van der Waals surface area (Å²) in [7, 11) is 0. The quantitative estimate of drug-likeness (QED) is 0.652. The maximum atomic E-state index is 12.7. The number of aromatic carboxylic acids is 1. The molecule has 2 atom stereocenters. The van der Waals surface area contributed by atoms with Crippen molar-refractivity contribution in [2.24, 2.45) is 0 Å². The van der Waals surface area contributed by atoms with Crippen LogP contribution in [-0.2, 0) is 4.74 Å². The second-order valence-corrected chi connectivity index (χ2v) is 6.45. The summed E-state index contributed by atoms with van der Waals surface area (Å²) >= 11 is 0. The number of carbonyl (C=O) groups is 2. The molecular formula is C19H18N4O4. The maximum absolute atomic E-state index is 12.7. The van der Waals surface area contributed by atoms with Gasteiger partial charge in [-0.1, -0.05) is 6.07 Å². The van der Waals surface area contributed by atoms with E-state index in [2.05, 4.69) is 20.5 Å². The molecule has 0 spiro atoms. The summed E-state index contributed by atoms with van der Waals surface area (Å²) in [5.74, 6) is -1.39. The first-order chi connectivity index (χ1) is 13.1. The van der Waals surface area contributed by atoms with E-state index in [1.54, 1.807) is 24.4 Å². The van der Waals surface area contributed by atoms with E-state index >= 15 is 0 Å².